The first-order valence-corrected chi connectivity index (χ1v) is 6.71. The van der Waals surface area contributed by atoms with Gasteiger partial charge in [-0.3, -0.25) is 9.69 Å². The van der Waals surface area contributed by atoms with Crippen LogP contribution in [0.1, 0.15) is 19.8 Å². The van der Waals surface area contributed by atoms with Crippen LogP contribution < -0.4 is 0 Å². The summed E-state index contributed by atoms with van der Waals surface area (Å²) in [5, 5.41) is 9.01. The van der Waals surface area contributed by atoms with Crippen molar-refractivity contribution >= 4 is 5.97 Å². The standard InChI is InChI=1S/C13H27N3O2/c1-11-5-6-16(8-7-14(2)3)10-12(15(11)4)9-13(17)18/h11-12H,5-10H2,1-4H3,(H,17,18). The van der Waals surface area contributed by atoms with E-state index in [1.54, 1.807) is 0 Å². The minimum Gasteiger partial charge on any atom is -0.481 e. The van der Waals surface area contributed by atoms with E-state index in [-0.39, 0.29) is 12.5 Å². The Kier molecular flexibility index (Phi) is 6.05. The van der Waals surface area contributed by atoms with Crippen LogP contribution in [0, 0.1) is 0 Å². The van der Waals surface area contributed by atoms with E-state index < -0.39 is 5.97 Å². The van der Waals surface area contributed by atoms with Crippen molar-refractivity contribution in [3.05, 3.63) is 0 Å². The number of nitrogens with zero attached hydrogens (tertiary/aromatic N) is 3. The monoisotopic (exact) mass is 257 g/mol. The number of likely N-dealkylation sites (N-methyl/N-ethyl adjacent to an activating group) is 2. The number of carboxylic acid groups (broad SMARTS) is 1. The summed E-state index contributed by atoms with van der Waals surface area (Å²) in [5.41, 5.74) is 0. The van der Waals surface area contributed by atoms with Gasteiger partial charge in [0.25, 0.3) is 0 Å². The molecule has 1 saturated heterocycles. The van der Waals surface area contributed by atoms with Gasteiger partial charge in [-0.25, -0.2) is 0 Å². The van der Waals surface area contributed by atoms with Crippen LogP contribution in [0.5, 0.6) is 0 Å². The van der Waals surface area contributed by atoms with Gasteiger partial charge in [-0.1, -0.05) is 0 Å². The van der Waals surface area contributed by atoms with Crippen LogP contribution in [0.4, 0.5) is 0 Å². The van der Waals surface area contributed by atoms with E-state index in [0.717, 1.165) is 32.6 Å². The van der Waals surface area contributed by atoms with Gasteiger partial charge in [0.1, 0.15) is 0 Å². The van der Waals surface area contributed by atoms with E-state index >= 15 is 0 Å². The topological polar surface area (TPSA) is 47.0 Å². The molecule has 0 radical (unpaired) electrons. The Balaban J connectivity index is 2.59. The molecule has 0 spiro atoms. The second-order valence-electron chi connectivity index (χ2n) is 5.66. The van der Waals surface area contributed by atoms with E-state index in [4.69, 9.17) is 5.11 Å². The van der Waals surface area contributed by atoms with Crippen LogP contribution in [-0.4, -0.2) is 85.2 Å². The maximum Gasteiger partial charge on any atom is 0.304 e. The molecule has 18 heavy (non-hydrogen) atoms. The van der Waals surface area contributed by atoms with Crippen molar-refractivity contribution in [3.8, 4) is 0 Å². The second kappa shape index (κ2) is 7.07. The van der Waals surface area contributed by atoms with Gasteiger partial charge in [-0.2, -0.15) is 0 Å². The molecule has 2 atom stereocenters. The van der Waals surface area contributed by atoms with Crippen molar-refractivity contribution in [2.45, 2.75) is 31.8 Å². The minimum absolute atomic E-state index is 0.127. The molecule has 1 rings (SSSR count). The fourth-order valence-corrected chi connectivity index (χ4v) is 2.41. The van der Waals surface area contributed by atoms with Gasteiger partial charge >= 0.3 is 5.97 Å². The first-order chi connectivity index (χ1) is 8.40. The highest BCUT2D eigenvalue weighted by molar-refractivity contribution is 5.67. The highest BCUT2D eigenvalue weighted by Gasteiger charge is 2.28. The van der Waals surface area contributed by atoms with Gasteiger partial charge in [0.05, 0.1) is 6.42 Å². The zero-order valence-corrected chi connectivity index (χ0v) is 12.1. The molecule has 1 aliphatic rings. The lowest BCUT2D eigenvalue weighted by Gasteiger charge is -2.30. The fraction of sp³-hybridized carbons (Fsp3) is 0.923. The highest BCUT2D eigenvalue weighted by atomic mass is 16.4. The Morgan fingerprint density at radius 3 is 2.67 bits per heavy atom. The molecular weight excluding hydrogens is 230 g/mol. The van der Waals surface area contributed by atoms with Gasteiger partial charge in [0.2, 0.25) is 0 Å². The number of rotatable bonds is 5. The van der Waals surface area contributed by atoms with Crippen molar-refractivity contribution in [1.29, 1.82) is 0 Å². The second-order valence-corrected chi connectivity index (χ2v) is 5.66. The lowest BCUT2D eigenvalue weighted by atomic mass is 10.1. The molecule has 2 unspecified atom stereocenters. The summed E-state index contributed by atoms with van der Waals surface area (Å²) in [5.74, 6) is -0.700. The lowest BCUT2D eigenvalue weighted by Crippen LogP contribution is -2.44. The molecule has 1 fully saturated rings. The maximum absolute atomic E-state index is 11.0. The van der Waals surface area contributed by atoms with E-state index in [1.165, 1.54) is 0 Å². The number of carboxylic acids is 1. The summed E-state index contributed by atoms with van der Waals surface area (Å²) in [7, 11) is 6.19. The summed E-state index contributed by atoms with van der Waals surface area (Å²) < 4.78 is 0. The highest BCUT2D eigenvalue weighted by Crippen LogP contribution is 2.16. The third-order valence-electron chi connectivity index (χ3n) is 3.88. The number of aliphatic carboxylic acids is 1. The summed E-state index contributed by atoms with van der Waals surface area (Å²) in [6.45, 7) is 6.16. The minimum atomic E-state index is -0.700. The molecule has 0 aromatic heterocycles. The molecular formula is C13H27N3O2. The molecule has 5 heteroatoms. The van der Waals surface area contributed by atoms with E-state index in [0.29, 0.717) is 6.04 Å². The normalized spacial score (nSPS) is 27.4. The summed E-state index contributed by atoms with van der Waals surface area (Å²) in [4.78, 5) is 17.7. The average molecular weight is 257 g/mol. The van der Waals surface area contributed by atoms with E-state index in [1.807, 2.05) is 7.05 Å². The number of hydrogen-bond acceptors (Lipinski definition) is 4. The Morgan fingerprint density at radius 2 is 2.11 bits per heavy atom. The fourth-order valence-electron chi connectivity index (χ4n) is 2.41. The summed E-state index contributed by atoms with van der Waals surface area (Å²) in [6.07, 6.45) is 1.35. The Hall–Kier alpha value is -0.650. The van der Waals surface area contributed by atoms with Gasteiger partial charge < -0.3 is 14.9 Å². The van der Waals surface area contributed by atoms with E-state index in [9.17, 15) is 4.79 Å². The first kappa shape index (κ1) is 15.4. The average Bonchev–Trinajstić information content (AvgIpc) is 2.40. The first-order valence-electron chi connectivity index (χ1n) is 6.71. The number of hydrogen-bond donors (Lipinski definition) is 1. The van der Waals surface area contributed by atoms with Crippen molar-refractivity contribution in [2.75, 3.05) is 47.3 Å². The molecule has 1 aliphatic heterocycles. The van der Waals surface area contributed by atoms with Crippen molar-refractivity contribution in [2.24, 2.45) is 0 Å². The molecule has 106 valence electrons. The van der Waals surface area contributed by atoms with Crippen molar-refractivity contribution in [3.63, 3.8) is 0 Å². The Labute approximate surface area is 110 Å². The van der Waals surface area contributed by atoms with Crippen LogP contribution in [0.25, 0.3) is 0 Å². The van der Waals surface area contributed by atoms with Crippen LogP contribution >= 0.6 is 0 Å². The molecule has 0 aromatic rings. The Bertz CT molecular complexity index is 269. The zero-order valence-electron chi connectivity index (χ0n) is 12.1. The SMILES string of the molecule is CC1CCN(CCN(C)C)CC(CC(=O)O)N1C. The quantitative estimate of drug-likeness (QED) is 0.773. The molecule has 0 bridgehead atoms. The molecule has 5 nitrogen and oxygen atoms in total. The smallest absolute Gasteiger partial charge is 0.304 e. The van der Waals surface area contributed by atoms with Crippen LogP contribution in [0.2, 0.25) is 0 Å². The summed E-state index contributed by atoms with van der Waals surface area (Å²) in [6, 6.07) is 0.584. The van der Waals surface area contributed by atoms with Crippen LogP contribution in [0.3, 0.4) is 0 Å². The predicted molar refractivity (Wildman–Crippen MR) is 72.9 cm³/mol. The third kappa shape index (κ3) is 4.92. The van der Waals surface area contributed by atoms with E-state index in [2.05, 4.69) is 35.7 Å². The maximum atomic E-state index is 11.0. The molecule has 0 saturated carbocycles. The molecule has 1 N–H and O–H groups in total. The van der Waals surface area contributed by atoms with Crippen LogP contribution in [-0.2, 0) is 4.79 Å². The molecule has 0 aliphatic carbocycles. The van der Waals surface area contributed by atoms with Gasteiger partial charge in [0, 0.05) is 31.7 Å². The van der Waals surface area contributed by atoms with Crippen molar-refractivity contribution < 1.29 is 9.90 Å². The predicted octanol–water partition coefficient (Wildman–Crippen LogP) is 0.417. The summed E-state index contributed by atoms with van der Waals surface area (Å²) >= 11 is 0. The largest absolute Gasteiger partial charge is 0.481 e. The molecule has 0 amide bonds. The Morgan fingerprint density at radius 1 is 1.44 bits per heavy atom. The van der Waals surface area contributed by atoms with Gasteiger partial charge in [-0.15, -0.1) is 0 Å². The van der Waals surface area contributed by atoms with Crippen LogP contribution in [0.15, 0.2) is 0 Å². The molecule has 1 heterocycles. The van der Waals surface area contributed by atoms with Gasteiger partial charge in [0.15, 0.2) is 0 Å². The lowest BCUT2D eigenvalue weighted by molar-refractivity contribution is -0.138. The van der Waals surface area contributed by atoms with Gasteiger partial charge in [-0.05, 0) is 41.0 Å². The zero-order chi connectivity index (χ0) is 13.7. The van der Waals surface area contributed by atoms with Crippen molar-refractivity contribution in [1.82, 2.24) is 14.7 Å². The molecule has 0 aromatic carbocycles. The third-order valence-corrected chi connectivity index (χ3v) is 3.88. The number of carbonyl (C=O) groups is 1.